The molecule has 1 aromatic rings. The highest BCUT2D eigenvalue weighted by Crippen LogP contribution is 2.45. The minimum absolute atomic E-state index is 0.0410. The zero-order valence-electron chi connectivity index (χ0n) is 12.3. The Morgan fingerprint density at radius 1 is 1.45 bits per heavy atom. The summed E-state index contributed by atoms with van der Waals surface area (Å²) in [5.74, 6) is -0.0708. The Morgan fingerprint density at radius 3 is 2.80 bits per heavy atom. The molecule has 0 aromatic heterocycles. The highest BCUT2D eigenvalue weighted by Gasteiger charge is 2.49. The first kappa shape index (κ1) is 14.9. The Bertz CT molecular complexity index is 485. The Hall–Kier alpha value is -1.55. The van der Waals surface area contributed by atoms with Crippen LogP contribution in [-0.4, -0.2) is 29.9 Å². The highest BCUT2D eigenvalue weighted by atomic mass is 16.5. The van der Waals surface area contributed by atoms with Gasteiger partial charge >= 0.3 is 5.97 Å². The number of hydrogen-bond donors (Lipinski definition) is 1. The lowest BCUT2D eigenvalue weighted by molar-refractivity contribution is -0.170. The molecule has 0 saturated heterocycles. The van der Waals surface area contributed by atoms with Crippen molar-refractivity contribution in [1.82, 2.24) is 0 Å². The topological polar surface area (TPSA) is 55.8 Å². The van der Waals surface area contributed by atoms with Gasteiger partial charge in [-0.25, -0.2) is 4.79 Å². The zero-order chi connectivity index (χ0) is 14.8. The van der Waals surface area contributed by atoms with E-state index in [1.807, 2.05) is 38.1 Å². The van der Waals surface area contributed by atoms with Gasteiger partial charge in [0.1, 0.15) is 5.75 Å². The van der Waals surface area contributed by atoms with Crippen LogP contribution in [0, 0.1) is 5.92 Å². The molecule has 2 rings (SSSR count). The molecular weight excluding hydrogens is 256 g/mol. The number of esters is 1. The Kier molecular flexibility index (Phi) is 4.33. The normalized spacial score (nSPS) is 24.2. The number of para-hydroxylation sites is 1. The van der Waals surface area contributed by atoms with E-state index < -0.39 is 11.6 Å². The van der Waals surface area contributed by atoms with E-state index in [0.717, 1.165) is 11.3 Å². The van der Waals surface area contributed by atoms with Crippen LogP contribution in [0.15, 0.2) is 24.3 Å². The Labute approximate surface area is 119 Å². The lowest BCUT2D eigenvalue weighted by atomic mass is 9.72. The molecule has 20 heavy (non-hydrogen) atoms. The number of ether oxygens (including phenoxy) is 2. The molecule has 1 aromatic carbocycles. The van der Waals surface area contributed by atoms with Gasteiger partial charge in [-0.15, -0.1) is 0 Å². The molecule has 0 aliphatic carbocycles. The Balaban J connectivity index is 2.45. The van der Waals surface area contributed by atoms with Crippen molar-refractivity contribution in [1.29, 1.82) is 0 Å². The lowest BCUT2D eigenvalue weighted by Crippen LogP contribution is -2.49. The summed E-state index contributed by atoms with van der Waals surface area (Å²) in [7, 11) is 0. The number of hydrogen-bond acceptors (Lipinski definition) is 4. The minimum Gasteiger partial charge on any atom is -0.493 e. The second-order valence-corrected chi connectivity index (χ2v) is 5.30. The van der Waals surface area contributed by atoms with E-state index in [0.29, 0.717) is 13.0 Å². The van der Waals surface area contributed by atoms with E-state index in [4.69, 9.17) is 9.47 Å². The van der Waals surface area contributed by atoms with Crippen LogP contribution in [0.3, 0.4) is 0 Å². The second-order valence-electron chi connectivity index (χ2n) is 5.30. The van der Waals surface area contributed by atoms with Crippen molar-refractivity contribution in [3.63, 3.8) is 0 Å². The van der Waals surface area contributed by atoms with Gasteiger partial charge in [-0.3, -0.25) is 0 Å². The predicted octanol–water partition coefficient (Wildman–Crippen LogP) is 2.50. The monoisotopic (exact) mass is 278 g/mol. The molecule has 0 fully saturated rings. The summed E-state index contributed by atoms with van der Waals surface area (Å²) in [5, 5.41) is 10.9. The fourth-order valence-electron chi connectivity index (χ4n) is 2.97. The van der Waals surface area contributed by atoms with Crippen LogP contribution in [0.2, 0.25) is 0 Å². The molecule has 0 amide bonds. The zero-order valence-corrected chi connectivity index (χ0v) is 12.3. The average molecular weight is 278 g/mol. The fraction of sp³-hybridized carbons (Fsp3) is 0.562. The number of aliphatic hydroxyl groups is 1. The van der Waals surface area contributed by atoms with Crippen molar-refractivity contribution in [3.8, 4) is 5.75 Å². The van der Waals surface area contributed by atoms with Gasteiger partial charge in [0.25, 0.3) is 0 Å². The quantitative estimate of drug-likeness (QED) is 0.860. The van der Waals surface area contributed by atoms with Crippen LogP contribution < -0.4 is 4.74 Å². The smallest absolute Gasteiger partial charge is 0.338 e. The minimum atomic E-state index is -1.50. The molecule has 4 nitrogen and oxygen atoms in total. The second kappa shape index (κ2) is 5.83. The Morgan fingerprint density at radius 2 is 2.15 bits per heavy atom. The molecule has 1 heterocycles. The third kappa shape index (κ3) is 2.40. The summed E-state index contributed by atoms with van der Waals surface area (Å²) in [4.78, 5) is 12.2. The first-order chi connectivity index (χ1) is 9.54. The van der Waals surface area contributed by atoms with E-state index >= 15 is 0 Å². The van der Waals surface area contributed by atoms with Crippen LogP contribution in [-0.2, 0) is 9.53 Å². The molecule has 4 heteroatoms. The fourth-order valence-corrected chi connectivity index (χ4v) is 2.97. The molecule has 1 aliphatic rings. The maximum absolute atomic E-state index is 12.2. The van der Waals surface area contributed by atoms with Crippen molar-refractivity contribution in [2.75, 3.05) is 13.2 Å². The number of fused-ring (bicyclic) bond motifs is 1. The van der Waals surface area contributed by atoms with Gasteiger partial charge in [0.05, 0.1) is 13.2 Å². The van der Waals surface area contributed by atoms with Crippen LogP contribution in [0.1, 0.15) is 38.7 Å². The third-order valence-electron chi connectivity index (χ3n) is 4.01. The standard InChI is InChI=1S/C16H22O4/c1-4-16(18,15(17)19-5-2)14-11(3)10-20-13-9-7-6-8-12(13)14/h6-9,11,14,18H,4-5,10H2,1-3H3. The number of carbonyl (C=O) groups is 1. The van der Waals surface area contributed by atoms with Crippen molar-refractivity contribution in [2.45, 2.75) is 38.7 Å². The van der Waals surface area contributed by atoms with Gasteiger partial charge in [0, 0.05) is 17.4 Å². The van der Waals surface area contributed by atoms with E-state index in [1.54, 1.807) is 6.92 Å². The van der Waals surface area contributed by atoms with Crippen LogP contribution in [0.25, 0.3) is 0 Å². The SMILES string of the molecule is CCOC(=O)C(O)(CC)C1c2ccccc2OCC1C. The number of benzene rings is 1. The molecule has 0 saturated carbocycles. The molecule has 3 unspecified atom stereocenters. The molecule has 1 N–H and O–H groups in total. The van der Waals surface area contributed by atoms with Crippen molar-refractivity contribution in [2.24, 2.45) is 5.92 Å². The maximum atomic E-state index is 12.2. The van der Waals surface area contributed by atoms with Gasteiger partial charge in [0.2, 0.25) is 0 Å². The lowest BCUT2D eigenvalue weighted by Gasteiger charge is -2.40. The van der Waals surface area contributed by atoms with E-state index in [1.165, 1.54) is 0 Å². The molecular formula is C16H22O4. The number of carbonyl (C=O) groups excluding carboxylic acids is 1. The summed E-state index contributed by atoms with van der Waals surface area (Å²) in [5.41, 5.74) is -0.626. The van der Waals surface area contributed by atoms with E-state index in [-0.39, 0.29) is 18.4 Å². The summed E-state index contributed by atoms with van der Waals surface area (Å²) in [6, 6.07) is 7.57. The molecule has 110 valence electrons. The van der Waals surface area contributed by atoms with Crippen LogP contribution in [0.4, 0.5) is 0 Å². The third-order valence-corrected chi connectivity index (χ3v) is 4.01. The molecule has 0 radical (unpaired) electrons. The highest BCUT2D eigenvalue weighted by molar-refractivity contribution is 5.81. The number of rotatable bonds is 4. The van der Waals surface area contributed by atoms with Crippen molar-refractivity contribution < 1.29 is 19.4 Å². The first-order valence-electron chi connectivity index (χ1n) is 7.15. The van der Waals surface area contributed by atoms with E-state index in [9.17, 15) is 9.90 Å². The average Bonchev–Trinajstić information content (AvgIpc) is 2.46. The summed E-state index contributed by atoms with van der Waals surface area (Å²) >= 11 is 0. The predicted molar refractivity (Wildman–Crippen MR) is 75.7 cm³/mol. The van der Waals surface area contributed by atoms with Crippen molar-refractivity contribution >= 4 is 5.97 Å². The van der Waals surface area contributed by atoms with Gasteiger partial charge in [-0.2, -0.15) is 0 Å². The van der Waals surface area contributed by atoms with Gasteiger partial charge in [0.15, 0.2) is 5.60 Å². The molecule has 0 bridgehead atoms. The van der Waals surface area contributed by atoms with Gasteiger partial charge < -0.3 is 14.6 Å². The molecule has 3 atom stereocenters. The van der Waals surface area contributed by atoms with E-state index in [2.05, 4.69) is 0 Å². The van der Waals surface area contributed by atoms with Crippen molar-refractivity contribution in [3.05, 3.63) is 29.8 Å². The van der Waals surface area contributed by atoms with Crippen LogP contribution in [0.5, 0.6) is 5.75 Å². The van der Waals surface area contributed by atoms with Gasteiger partial charge in [-0.05, 0) is 19.4 Å². The van der Waals surface area contributed by atoms with Crippen LogP contribution >= 0.6 is 0 Å². The van der Waals surface area contributed by atoms with Gasteiger partial charge in [-0.1, -0.05) is 32.0 Å². The largest absolute Gasteiger partial charge is 0.493 e. The molecule has 1 aliphatic heterocycles. The molecule has 0 spiro atoms. The summed E-state index contributed by atoms with van der Waals surface area (Å²) in [6.07, 6.45) is 0.315. The summed E-state index contributed by atoms with van der Waals surface area (Å²) < 4.78 is 10.8. The first-order valence-corrected chi connectivity index (χ1v) is 7.15. The summed E-state index contributed by atoms with van der Waals surface area (Å²) in [6.45, 7) is 6.29. The maximum Gasteiger partial charge on any atom is 0.338 e.